The molecule has 1 aromatic heterocycles. The number of aryl methyl sites for hydroxylation is 1. The van der Waals surface area contributed by atoms with Crippen molar-refractivity contribution >= 4 is 11.5 Å². The first-order valence-electron chi connectivity index (χ1n) is 3.77. The highest BCUT2D eigenvalue weighted by molar-refractivity contribution is 5.94. The second kappa shape index (κ2) is 3.26. The van der Waals surface area contributed by atoms with Crippen LogP contribution in [0, 0.1) is 12.3 Å². The molecular formula is C9H13N3. The number of hydrogen-bond donors (Lipinski definition) is 3. The summed E-state index contributed by atoms with van der Waals surface area (Å²) >= 11 is 0. The zero-order valence-corrected chi connectivity index (χ0v) is 7.15. The molecule has 0 spiro atoms. The molecule has 0 amide bonds. The Balaban J connectivity index is 2.81. The molecule has 0 fully saturated rings. The summed E-state index contributed by atoms with van der Waals surface area (Å²) in [6.45, 7) is 5.46. The van der Waals surface area contributed by atoms with Gasteiger partial charge in [0.05, 0.1) is 0 Å². The van der Waals surface area contributed by atoms with Gasteiger partial charge in [-0.2, -0.15) is 0 Å². The van der Waals surface area contributed by atoms with Crippen molar-refractivity contribution in [1.82, 2.24) is 4.98 Å². The average Bonchev–Trinajstić information content (AvgIpc) is 2.30. The van der Waals surface area contributed by atoms with Crippen LogP contribution in [0.25, 0.3) is 0 Å². The van der Waals surface area contributed by atoms with E-state index in [-0.39, 0.29) is 0 Å². The highest BCUT2D eigenvalue weighted by Crippen LogP contribution is 2.13. The monoisotopic (exact) mass is 163 g/mol. The Labute approximate surface area is 71.8 Å². The number of aromatic nitrogens is 1. The molecule has 0 atom stereocenters. The SMILES string of the molecule is C=CC(=N)Cc1cc(C)[nH]c1N. The van der Waals surface area contributed by atoms with Gasteiger partial charge in [-0.15, -0.1) is 0 Å². The smallest absolute Gasteiger partial charge is 0.104 e. The number of aromatic amines is 1. The van der Waals surface area contributed by atoms with E-state index in [4.69, 9.17) is 11.1 Å². The Bertz CT molecular complexity index is 310. The van der Waals surface area contributed by atoms with Crippen LogP contribution in [0.4, 0.5) is 5.82 Å². The Hall–Kier alpha value is -1.51. The van der Waals surface area contributed by atoms with E-state index in [0.29, 0.717) is 18.0 Å². The molecular weight excluding hydrogens is 150 g/mol. The third kappa shape index (κ3) is 1.75. The fourth-order valence-electron chi connectivity index (χ4n) is 1.09. The number of allylic oxidation sites excluding steroid dienone is 1. The molecule has 0 saturated carbocycles. The number of nitrogens with two attached hydrogens (primary N) is 1. The van der Waals surface area contributed by atoms with Crippen molar-refractivity contribution in [2.75, 3.05) is 5.73 Å². The third-order valence-corrected chi connectivity index (χ3v) is 1.70. The van der Waals surface area contributed by atoms with E-state index in [1.54, 1.807) is 0 Å². The van der Waals surface area contributed by atoms with Crippen LogP contribution in [0.5, 0.6) is 0 Å². The first kappa shape index (κ1) is 8.59. The molecule has 0 aromatic carbocycles. The fourth-order valence-corrected chi connectivity index (χ4v) is 1.09. The number of nitrogens with one attached hydrogen (secondary N) is 2. The molecule has 0 radical (unpaired) electrons. The van der Waals surface area contributed by atoms with Crippen LogP contribution in [0.2, 0.25) is 0 Å². The van der Waals surface area contributed by atoms with E-state index in [0.717, 1.165) is 11.3 Å². The topological polar surface area (TPSA) is 65.7 Å². The fraction of sp³-hybridized carbons (Fsp3) is 0.222. The van der Waals surface area contributed by atoms with Crippen LogP contribution in [-0.2, 0) is 6.42 Å². The lowest BCUT2D eigenvalue weighted by atomic mass is 10.1. The standard InChI is InChI=1S/C9H13N3/c1-3-8(10)5-7-4-6(2)12-9(7)11/h3-4,10,12H,1,5,11H2,2H3. The van der Waals surface area contributed by atoms with Gasteiger partial charge >= 0.3 is 0 Å². The molecule has 12 heavy (non-hydrogen) atoms. The van der Waals surface area contributed by atoms with Gasteiger partial charge in [-0.25, -0.2) is 0 Å². The average molecular weight is 163 g/mol. The highest BCUT2D eigenvalue weighted by Gasteiger charge is 2.03. The minimum absolute atomic E-state index is 0.487. The molecule has 0 saturated heterocycles. The molecule has 4 N–H and O–H groups in total. The van der Waals surface area contributed by atoms with Gasteiger partial charge in [-0.1, -0.05) is 6.58 Å². The van der Waals surface area contributed by atoms with Crippen LogP contribution >= 0.6 is 0 Å². The third-order valence-electron chi connectivity index (χ3n) is 1.70. The Morgan fingerprint density at radius 3 is 2.92 bits per heavy atom. The molecule has 3 nitrogen and oxygen atoms in total. The summed E-state index contributed by atoms with van der Waals surface area (Å²) in [5.41, 5.74) is 8.14. The molecule has 0 bridgehead atoms. The summed E-state index contributed by atoms with van der Waals surface area (Å²) < 4.78 is 0. The van der Waals surface area contributed by atoms with Gasteiger partial charge in [-0.3, -0.25) is 0 Å². The number of nitrogen functional groups attached to an aromatic ring is 1. The number of anilines is 1. The molecule has 0 aliphatic carbocycles. The van der Waals surface area contributed by atoms with Crippen LogP contribution in [0.15, 0.2) is 18.7 Å². The normalized spacial score (nSPS) is 9.75. The molecule has 0 aliphatic rings. The van der Waals surface area contributed by atoms with Crippen molar-refractivity contribution in [2.24, 2.45) is 0 Å². The maximum absolute atomic E-state index is 7.39. The summed E-state index contributed by atoms with van der Waals surface area (Å²) in [5.74, 6) is 0.652. The van der Waals surface area contributed by atoms with Crippen LogP contribution in [0.1, 0.15) is 11.3 Å². The van der Waals surface area contributed by atoms with E-state index >= 15 is 0 Å². The predicted molar refractivity (Wildman–Crippen MR) is 51.6 cm³/mol. The lowest BCUT2D eigenvalue weighted by molar-refractivity contribution is 1.26. The summed E-state index contributed by atoms with van der Waals surface area (Å²) in [6, 6.07) is 1.95. The first-order valence-corrected chi connectivity index (χ1v) is 3.77. The Kier molecular flexibility index (Phi) is 2.33. The van der Waals surface area contributed by atoms with Gasteiger partial charge in [0, 0.05) is 17.8 Å². The zero-order chi connectivity index (χ0) is 9.14. The van der Waals surface area contributed by atoms with Gasteiger partial charge in [0.25, 0.3) is 0 Å². The Morgan fingerprint density at radius 2 is 2.50 bits per heavy atom. The van der Waals surface area contributed by atoms with Crippen molar-refractivity contribution in [3.8, 4) is 0 Å². The van der Waals surface area contributed by atoms with Crippen LogP contribution in [0.3, 0.4) is 0 Å². The van der Waals surface area contributed by atoms with Crippen molar-refractivity contribution in [3.63, 3.8) is 0 Å². The lowest BCUT2D eigenvalue weighted by Crippen LogP contribution is -1.98. The van der Waals surface area contributed by atoms with E-state index in [1.165, 1.54) is 6.08 Å². The van der Waals surface area contributed by atoms with Crippen molar-refractivity contribution in [1.29, 1.82) is 5.41 Å². The molecule has 3 heteroatoms. The zero-order valence-electron chi connectivity index (χ0n) is 7.15. The van der Waals surface area contributed by atoms with E-state index in [9.17, 15) is 0 Å². The summed E-state index contributed by atoms with van der Waals surface area (Å²) in [4.78, 5) is 2.98. The van der Waals surface area contributed by atoms with Gasteiger partial charge < -0.3 is 16.1 Å². The second-order valence-electron chi connectivity index (χ2n) is 2.80. The van der Waals surface area contributed by atoms with E-state index in [1.807, 2.05) is 13.0 Å². The number of H-pyrrole nitrogens is 1. The Morgan fingerprint density at radius 1 is 1.83 bits per heavy atom. The number of hydrogen-bond acceptors (Lipinski definition) is 2. The molecule has 1 aromatic rings. The maximum atomic E-state index is 7.39. The van der Waals surface area contributed by atoms with Gasteiger partial charge in [0.1, 0.15) is 5.82 Å². The largest absolute Gasteiger partial charge is 0.385 e. The van der Waals surface area contributed by atoms with E-state index in [2.05, 4.69) is 11.6 Å². The molecule has 0 aliphatic heterocycles. The predicted octanol–water partition coefficient (Wildman–Crippen LogP) is 1.65. The molecule has 64 valence electrons. The summed E-state index contributed by atoms with van der Waals surface area (Å²) in [6.07, 6.45) is 2.08. The van der Waals surface area contributed by atoms with Crippen molar-refractivity contribution < 1.29 is 0 Å². The van der Waals surface area contributed by atoms with Gasteiger partial charge in [0.2, 0.25) is 0 Å². The van der Waals surface area contributed by atoms with Crippen LogP contribution in [-0.4, -0.2) is 10.7 Å². The van der Waals surface area contributed by atoms with E-state index < -0.39 is 0 Å². The molecule has 1 rings (SSSR count). The minimum atomic E-state index is 0.487. The van der Waals surface area contributed by atoms with Gasteiger partial charge in [-0.05, 0) is 24.6 Å². The number of rotatable bonds is 3. The van der Waals surface area contributed by atoms with Crippen molar-refractivity contribution in [2.45, 2.75) is 13.3 Å². The van der Waals surface area contributed by atoms with Crippen LogP contribution < -0.4 is 5.73 Å². The highest BCUT2D eigenvalue weighted by atomic mass is 14.9. The van der Waals surface area contributed by atoms with Gasteiger partial charge in [0.15, 0.2) is 0 Å². The molecule has 1 heterocycles. The minimum Gasteiger partial charge on any atom is -0.385 e. The second-order valence-corrected chi connectivity index (χ2v) is 2.80. The summed E-state index contributed by atoms with van der Waals surface area (Å²) in [5, 5.41) is 7.39. The maximum Gasteiger partial charge on any atom is 0.104 e. The van der Waals surface area contributed by atoms with Crippen molar-refractivity contribution in [3.05, 3.63) is 30.0 Å². The lowest BCUT2D eigenvalue weighted by Gasteiger charge is -1.96. The summed E-state index contributed by atoms with van der Waals surface area (Å²) in [7, 11) is 0. The molecule has 0 unspecified atom stereocenters. The quantitative estimate of drug-likeness (QED) is 0.583. The first-order chi connectivity index (χ1) is 5.63.